The highest BCUT2D eigenvalue weighted by Crippen LogP contribution is 2.32. The van der Waals surface area contributed by atoms with E-state index in [2.05, 4.69) is 4.98 Å². The zero-order chi connectivity index (χ0) is 17.4. The molecule has 6 nitrogen and oxygen atoms in total. The van der Waals surface area contributed by atoms with Crippen LogP contribution in [0.3, 0.4) is 0 Å². The number of hydrogen-bond acceptors (Lipinski definition) is 4. The van der Waals surface area contributed by atoms with Gasteiger partial charge in [0.25, 0.3) is 5.91 Å². The molecule has 128 valence electrons. The molecule has 1 fully saturated rings. The molecule has 0 radical (unpaired) electrons. The number of carbonyl (C=O) groups excluding carboxylic acids is 2. The molecular formula is C19H19N3O3. The van der Waals surface area contributed by atoms with E-state index in [-0.39, 0.29) is 18.0 Å². The number of cyclic esters (lactones) is 1. The maximum absolute atomic E-state index is 12.8. The standard InChI is InChI=1S/C19H19N3O3/c1-13-5-6-14-11-21(18(23)16-4-2-3-8-20-16)9-7-15-12-25-19(24)22(15)17(14)10-13/h2-6,8,10,15H,7,9,11-12H2,1H3/t15-/m0/s1. The lowest BCUT2D eigenvalue weighted by molar-refractivity contribution is 0.0728. The minimum absolute atomic E-state index is 0.0487. The fourth-order valence-electron chi connectivity index (χ4n) is 3.41. The Morgan fingerprint density at radius 1 is 1.28 bits per heavy atom. The Hall–Kier alpha value is -2.89. The van der Waals surface area contributed by atoms with Gasteiger partial charge in [0.15, 0.2) is 0 Å². The van der Waals surface area contributed by atoms with Crippen LogP contribution in [0.15, 0.2) is 42.6 Å². The van der Waals surface area contributed by atoms with Crippen molar-refractivity contribution >= 4 is 17.7 Å². The molecule has 4 rings (SSSR count). The van der Waals surface area contributed by atoms with Crippen molar-refractivity contribution in [2.45, 2.75) is 25.9 Å². The average molecular weight is 337 g/mol. The second-order valence-electron chi connectivity index (χ2n) is 6.46. The molecule has 2 amide bonds. The molecular weight excluding hydrogens is 318 g/mol. The Balaban J connectivity index is 1.72. The normalized spacial score (nSPS) is 19.6. The highest BCUT2D eigenvalue weighted by atomic mass is 16.6. The lowest BCUT2D eigenvalue weighted by atomic mass is 10.0. The summed E-state index contributed by atoms with van der Waals surface area (Å²) < 4.78 is 5.26. The van der Waals surface area contributed by atoms with Crippen molar-refractivity contribution in [3.8, 4) is 0 Å². The highest BCUT2D eigenvalue weighted by Gasteiger charge is 2.37. The number of nitrogens with zero attached hydrogens (tertiary/aromatic N) is 3. The summed E-state index contributed by atoms with van der Waals surface area (Å²) in [6.07, 6.45) is 2.00. The van der Waals surface area contributed by atoms with Crippen molar-refractivity contribution in [2.75, 3.05) is 18.1 Å². The van der Waals surface area contributed by atoms with Gasteiger partial charge in [0, 0.05) is 19.3 Å². The first-order valence-corrected chi connectivity index (χ1v) is 8.39. The van der Waals surface area contributed by atoms with E-state index in [0.29, 0.717) is 31.8 Å². The molecule has 0 N–H and O–H groups in total. The van der Waals surface area contributed by atoms with E-state index in [0.717, 1.165) is 16.8 Å². The number of ether oxygens (including phenoxy) is 1. The summed E-state index contributed by atoms with van der Waals surface area (Å²) >= 11 is 0. The van der Waals surface area contributed by atoms with Gasteiger partial charge in [0.05, 0.1) is 11.7 Å². The summed E-state index contributed by atoms with van der Waals surface area (Å²) in [7, 11) is 0. The maximum Gasteiger partial charge on any atom is 0.414 e. The van der Waals surface area contributed by atoms with Gasteiger partial charge in [-0.25, -0.2) is 4.79 Å². The molecule has 25 heavy (non-hydrogen) atoms. The summed E-state index contributed by atoms with van der Waals surface area (Å²) in [6.45, 7) is 3.35. The van der Waals surface area contributed by atoms with Crippen molar-refractivity contribution in [3.63, 3.8) is 0 Å². The Labute approximate surface area is 146 Å². The van der Waals surface area contributed by atoms with Crippen LogP contribution < -0.4 is 4.90 Å². The summed E-state index contributed by atoms with van der Waals surface area (Å²) in [6, 6.07) is 11.3. The van der Waals surface area contributed by atoms with Crippen LogP contribution in [0.1, 0.15) is 28.0 Å². The summed E-state index contributed by atoms with van der Waals surface area (Å²) in [5.41, 5.74) is 3.29. The first-order chi connectivity index (χ1) is 12.1. The zero-order valence-electron chi connectivity index (χ0n) is 14.0. The Morgan fingerprint density at radius 2 is 2.16 bits per heavy atom. The number of rotatable bonds is 1. The van der Waals surface area contributed by atoms with E-state index in [9.17, 15) is 9.59 Å². The van der Waals surface area contributed by atoms with Gasteiger partial charge in [-0.3, -0.25) is 14.7 Å². The quantitative estimate of drug-likeness (QED) is 0.803. The predicted octanol–water partition coefficient (Wildman–Crippen LogP) is 2.76. The molecule has 0 spiro atoms. The van der Waals surface area contributed by atoms with Gasteiger partial charge in [0.1, 0.15) is 12.3 Å². The molecule has 6 heteroatoms. The number of amides is 2. The minimum Gasteiger partial charge on any atom is -0.447 e. The molecule has 1 saturated heterocycles. The SMILES string of the molecule is Cc1ccc2c(c1)N1C(=O)OC[C@@H]1CCN(C(=O)c1ccccn1)C2. The van der Waals surface area contributed by atoms with Crippen LogP contribution in [0.4, 0.5) is 10.5 Å². The summed E-state index contributed by atoms with van der Waals surface area (Å²) in [5.74, 6) is -0.0918. The molecule has 1 aromatic carbocycles. The molecule has 2 aliphatic rings. The van der Waals surface area contributed by atoms with Gasteiger partial charge in [0.2, 0.25) is 0 Å². The van der Waals surface area contributed by atoms with Crippen molar-refractivity contribution in [3.05, 3.63) is 59.4 Å². The first kappa shape index (κ1) is 15.6. The average Bonchev–Trinajstić information content (AvgIpc) is 2.98. The maximum atomic E-state index is 12.8. The van der Waals surface area contributed by atoms with Crippen LogP contribution >= 0.6 is 0 Å². The molecule has 2 aromatic rings. The monoisotopic (exact) mass is 337 g/mol. The molecule has 1 atom stereocenters. The largest absolute Gasteiger partial charge is 0.447 e. The second-order valence-corrected chi connectivity index (χ2v) is 6.46. The number of pyridine rings is 1. The van der Waals surface area contributed by atoms with Crippen LogP contribution in [-0.4, -0.2) is 41.1 Å². The lowest BCUT2D eigenvalue weighted by Gasteiger charge is -2.32. The third-order valence-corrected chi connectivity index (χ3v) is 4.73. The fraction of sp³-hybridized carbons (Fsp3) is 0.316. The zero-order valence-corrected chi connectivity index (χ0v) is 14.0. The van der Waals surface area contributed by atoms with Crippen molar-refractivity contribution < 1.29 is 14.3 Å². The number of anilines is 1. The van der Waals surface area contributed by atoms with Crippen LogP contribution in [0, 0.1) is 6.92 Å². The molecule has 0 unspecified atom stereocenters. The van der Waals surface area contributed by atoms with Gasteiger partial charge >= 0.3 is 6.09 Å². The van der Waals surface area contributed by atoms with Crippen LogP contribution in [0.5, 0.6) is 0 Å². The van der Waals surface area contributed by atoms with E-state index in [1.807, 2.05) is 31.2 Å². The Kier molecular flexibility index (Phi) is 3.87. The molecule has 0 aliphatic carbocycles. The lowest BCUT2D eigenvalue weighted by Crippen LogP contribution is -2.42. The van der Waals surface area contributed by atoms with Crippen LogP contribution in [0.2, 0.25) is 0 Å². The van der Waals surface area contributed by atoms with Gasteiger partial charge in [-0.1, -0.05) is 18.2 Å². The van der Waals surface area contributed by atoms with Gasteiger partial charge in [-0.15, -0.1) is 0 Å². The second kappa shape index (κ2) is 6.20. The third-order valence-electron chi connectivity index (χ3n) is 4.73. The smallest absolute Gasteiger partial charge is 0.414 e. The number of fused-ring (bicyclic) bond motifs is 3. The van der Waals surface area contributed by atoms with Gasteiger partial charge < -0.3 is 9.64 Å². The summed E-state index contributed by atoms with van der Waals surface area (Å²) in [5, 5.41) is 0. The molecule has 3 heterocycles. The Bertz CT molecular complexity index is 822. The van der Waals surface area contributed by atoms with Crippen molar-refractivity contribution in [2.24, 2.45) is 0 Å². The fourth-order valence-corrected chi connectivity index (χ4v) is 3.41. The molecule has 2 aliphatic heterocycles. The van der Waals surface area contributed by atoms with Crippen molar-refractivity contribution in [1.29, 1.82) is 0 Å². The van der Waals surface area contributed by atoms with E-state index in [1.165, 1.54) is 0 Å². The number of benzene rings is 1. The van der Waals surface area contributed by atoms with E-state index >= 15 is 0 Å². The van der Waals surface area contributed by atoms with E-state index in [1.54, 1.807) is 28.1 Å². The van der Waals surface area contributed by atoms with Crippen LogP contribution in [-0.2, 0) is 11.3 Å². The third kappa shape index (κ3) is 2.84. The number of hydrogen-bond donors (Lipinski definition) is 0. The molecule has 1 aromatic heterocycles. The number of aryl methyl sites for hydroxylation is 1. The van der Waals surface area contributed by atoms with E-state index in [4.69, 9.17) is 4.74 Å². The number of carbonyl (C=O) groups is 2. The summed E-state index contributed by atoms with van der Waals surface area (Å²) in [4.78, 5) is 32.8. The minimum atomic E-state index is -0.304. The highest BCUT2D eigenvalue weighted by molar-refractivity contribution is 5.94. The predicted molar refractivity (Wildman–Crippen MR) is 92.4 cm³/mol. The Morgan fingerprint density at radius 3 is 2.96 bits per heavy atom. The molecule has 0 saturated carbocycles. The topological polar surface area (TPSA) is 62.7 Å². The number of aromatic nitrogens is 1. The van der Waals surface area contributed by atoms with Gasteiger partial charge in [-0.05, 0) is 42.7 Å². The van der Waals surface area contributed by atoms with E-state index < -0.39 is 0 Å². The van der Waals surface area contributed by atoms with Crippen LogP contribution in [0.25, 0.3) is 0 Å². The van der Waals surface area contributed by atoms with Gasteiger partial charge in [-0.2, -0.15) is 0 Å². The molecule has 0 bridgehead atoms. The first-order valence-electron chi connectivity index (χ1n) is 8.39. The van der Waals surface area contributed by atoms with Crippen molar-refractivity contribution in [1.82, 2.24) is 9.88 Å².